The average molecular weight is 384 g/mol. The van der Waals surface area contributed by atoms with Crippen LogP contribution in [0.4, 0.5) is 0 Å². The summed E-state index contributed by atoms with van der Waals surface area (Å²) < 4.78 is 35.9. The maximum Gasteiger partial charge on any atom is 0.226 e. The highest BCUT2D eigenvalue weighted by Crippen LogP contribution is 2.17. The summed E-state index contributed by atoms with van der Waals surface area (Å²) in [6, 6.07) is 17.6. The monoisotopic (exact) mass is 384 g/mol. The lowest BCUT2D eigenvalue weighted by molar-refractivity contribution is 0.290. The lowest BCUT2D eigenvalue weighted by Gasteiger charge is -2.08. The van der Waals surface area contributed by atoms with Crippen LogP contribution in [-0.2, 0) is 22.9 Å². The SMILES string of the molecule is Cc1ccccc1S(=O)(=O)CCc1cc(=O)c(OCc2ccccc2)co1. The van der Waals surface area contributed by atoms with Crippen LogP contribution in [0.5, 0.6) is 5.75 Å². The third-order valence-corrected chi connectivity index (χ3v) is 6.01. The van der Waals surface area contributed by atoms with Crippen LogP contribution >= 0.6 is 0 Å². The van der Waals surface area contributed by atoms with Crippen LogP contribution in [0.1, 0.15) is 16.9 Å². The summed E-state index contributed by atoms with van der Waals surface area (Å²) in [5.74, 6) is 0.277. The quantitative estimate of drug-likeness (QED) is 0.623. The lowest BCUT2D eigenvalue weighted by Crippen LogP contribution is -2.13. The molecular formula is C21H20O5S. The number of hydrogen-bond donors (Lipinski definition) is 0. The number of benzene rings is 2. The van der Waals surface area contributed by atoms with Crippen LogP contribution in [0.25, 0.3) is 0 Å². The van der Waals surface area contributed by atoms with Gasteiger partial charge in [-0.15, -0.1) is 0 Å². The second-order valence-electron chi connectivity index (χ2n) is 6.18. The van der Waals surface area contributed by atoms with Crippen molar-refractivity contribution >= 4 is 9.84 Å². The summed E-state index contributed by atoms with van der Waals surface area (Å²) in [6.07, 6.45) is 1.35. The molecule has 0 spiro atoms. The Morgan fingerprint density at radius 1 is 1.00 bits per heavy atom. The molecule has 0 radical (unpaired) electrons. The number of sulfone groups is 1. The normalized spacial score (nSPS) is 11.3. The van der Waals surface area contributed by atoms with Crippen molar-refractivity contribution in [3.63, 3.8) is 0 Å². The first-order valence-corrected chi connectivity index (χ1v) is 10.2. The summed E-state index contributed by atoms with van der Waals surface area (Å²) in [6.45, 7) is 2.01. The van der Waals surface area contributed by atoms with Gasteiger partial charge in [-0.1, -0.05) is 48.5 Å². The van der Waals surface area contributed by atoms with Crippen molar-refractivity contribution < 1.29 is 17.6 Å². The minimum absolute atomic E-state index is 0.101. The fourth-order valence-electron chi connectivity index (χ4n) is 2.66. The van der Waals surface area contributed by atoms with Crippen molar-refractivity contribution in [1.82, 2.24) is 0 Å². The predicted molar refractivity (Wildman–Crippen MR) is 103 cm³/mol. The van der Waals surface area contributed by atoms with Crippen molar-refractivity contribution in [2.75, 3.05) is 5.75 Å². The minimum atomic E-state index is -3.45. The molecule has 5 nitrogen and oxygen atoms in total. The van der Waals surface area contributed by atoms with Gasteiger partial charge in [0, 0.05) is 12.5 Å². The topological polar surface area (TPSA) is 73.6 Å². The van der Waals surface area contributed by atoms with Gasteiger partial charge in [-0.05, 0) is 24.1 Å². The molecule has 1 aromatic heterocycles. The second-order valence-corrected chi connectivity index (χ2v) is 8.26. The highest BCUT2D eigenvalue weighted by Gasteiger charge is 2.17. The molecule has 140 valence electrons. The molecule has 1 heterocycles. The van der Waals surface area contributed by atoms with Gasteiger partial charge in [0.25, 0.3) is 0 Å². The van der Waals surface area contributed by atoms with E-state index in [0.29, 0.717) is 16.2 Å². The summed E-state index contributed by atoms with van der Waals surface area (Å²) in [5, 5.41) is 0. The average Bonchev–Trinajstić information content (AvgIpc) is 2.67. The molecule has 0 saturated carbocycles. The van der Waals surface area contributed by atoms with Crippen LogP contribution in [-0.4, -0.2) is 14.2 Å². The van der Waals surface area contributed by atoms with Crippen LogP contribution in [0.15, 0.2) is 81.0 Å². The van der Waals surface area contributed by atoms with E-state index in [-0.39, 0.29) is 30.0 Å². The van der Waals surface area contributed by atoms with E-state index in [1.807, 2.05) is 30.3 Å². The summed E-state index contributed by atoms with van der Waals surface area (Å²) >= 11 is 0. The first-order valence-electron chi connectivity index (χ1n) is 8.52. The zero-order valence-corrected chi connectivity index (χ0v) is 15.7. The molecular weight excluding hydrogens is 364 g/mol. The van der Waals surface area contributed by atoms with Crippen LogP contribution < -0.4 is 10.2 Å². The van der Waals surface area contributed by atoms with E-state index < -0.39 is 9.84 Å². The van der Waals surface area contributed by atoms with Crippen molar-refractivity contribution in [3.8, 4) is 5.75 Å². The summed E-state index contributed by atoms with van der Waals surface area (Å²) in [7, 11) is -3.45. The molecule has 2 aromatic carbocycles. The first kappa shape index (κ1) is 18.9. The molecule has 3 rings (SSSR count). The molecule has 0 aliphatic rings. The first-order chi connectivity index (χ1) is 13.0. The second kappa shape index (κ2) is 8.22. The summed E-state index contributed by atoms with van der Waals surface area (Å²) in [4.78, 5) is 12.5. The van der Waals surface area contributed by atoms with Crippen molar-refractivity contribution in [2.45, 2.75) is 24.8 Å². The van der Waals surface area contributed by atoms with E-state index >= 15 is 0 Å². The Labute approximate surface area is 158 Å². The Balaban J connectivity index is 1.66. The van der Waals surface area contributed by atoms with E-state index in [4.69, 9.17) is 9.15 Å². The van der Waals surface area contributed by atoms with Crippen LogP contribution in [0.3, 0.4) is 0 Å². The molecule has 6 heteroatoms. The van der Waals surface area contributed by atoms with Crippen molar-refractivity contribution in [2.24, 2.45) is 0 Å². The van der Waals surface area contributed by atoms with Gasteiger partial charge in [0.15, 0.2) is 9.84 Å². The Morgan fingerprint density at radius 3 is 2.41 bits per heavy atom. The fourth-order valence-corrected chi connectivity index (χ4v) is 4.19. The smallest absolute Gasteiger partial charge is 0.226 e. The minimum Gasteiger partial charge on any atom is -0.482 e. The van der Waals surface area contributed by atoms with Gasteiger partial charge in [-0.2, -0.15) is 0 Å². The molecule has 0 fully saturated rings. The molecule has 0 atom stereocenters. The van der Waals surface area contributed by atoms with Gasteiger partial charge >= 0.3 is 0 Å². The Bertz CT molecular complexity index is 1070. The molecule has 0 aliphatic heterocycles. The molecule has 0 amide bonds. The maximum atomic E-state index is 12.5. The summed E-state index contributed by atoms with van der Waals surface area (Å²) in [5.41, 5.74) is 1.30. The van der Waals surface area contributed by atoms with Gasteiger partial charge in [-0.25, -0.2) is 8.42 Å². The van der Waals surface area contributed by atoms with Crippen LogP contribution in [0, 0.1) is 6.92 Å². The molecule has 27 heavy (non-hydrogen) atoms. The highest BCUT2D eigenvalue weighted by atomic mass is 32.2. The molecule has 3 aromatic rings. The fraction of sp³-hybridized carbons (Fsp3) is 0.190. The lowest BCUT2D eigenvalue weighted by atomic mass is 10.2. The largest absolute Gasteiger partial charge is 0.482 e. The van der Waals surface area contributed by atoms with Crippen molar-refractivity contribution in [1.29, 1.82) is 0 Å². The van der Waals surface area contributed by atoms with Crippen molar-refractivity contribution in [3.05, 3.63) is 94.0 Å². The standard InChI is InChI=1S/C21H20O5S/c1-16-7-5-6-10-21(16)27(23,24)12-11-18-13-19(22)20(15-25-18)26-14-17-8-3-2-4-9-17/h2-10,13,15H,11-12,14H2,1H3. The van der Waals surface area contributed by atoms with Gasteiger partial charge < -0.3 is 9.15 Å². The molecule has 0 saturated heterocycles. The van der Waals surface area contributed by atoms with Gasteiger partial charge in [0.05, 0.1) is 10.6 Å². The van der Waals surface area contributed by atoms with E-state index in [9.17, 15) is 13.2 Å². The Kier molecular flexibility index (Phi) is 5.76. The van der Waals surface area contributed by atoms with Gasteiger partial charge in [0.2, 0.25) is 11.2 Å². The molecule has 0 unspecified atom stereocenters. The van der Waals surface area contributed by atoms with Gasteiger partial charge in [-0.3, -0.25) is 4.79 Å². The third kappa shape index (κ3) is 4.86. The third-order valence-electron chi connectivity index (χ3n) is 4.14. The Hall–Kier alpha value is -2.86. The zero-order valence-electron chi connectivity index (χ0n) is 14.9. The van der Waals surface area contributed by atoms with E-state index in [1.165, 1.54) is 12.3 Å². The number of ether oxygens (including phenoxy) is 1. The number of rotatable bonds is 7. The van der Waals surface area contributed by atoms with E-state index in [0.717, 1.165) is 5.56 Å². The predicted octanol–water partition coefficient (Wildman–Crippen LogP) is 3.54. The molecule has 0 aliphatic carbocycles. The molecule has 0 bridgehead atoms. The zero-order chi connectivity index (χ0) is 19.3. The number of aryl methyl sites for hydroxylation is 2. The molecule has 0 N–H and O–H groups in total. The maximum absolute atomic E-state index is 12.5. The van der Waals surface area contributed by atoms with E-state index in [2.05, 4.69) is 0 Å². The van der Waals surface area contributed by atoms with Crippen LogP contribution in [0.2, 0.25) is 0 Å². The highest BCUT2D eigenvalue weighted by molar-refractivity contribution is 7.91. The number of hydrogen-bond acceptors (Lipinski definition) is 5. The van der Waals surface area contributed by atoms with E-state index in [1.54, 1.807) is 31.2 Å². The van der Waals surface area contributed by atoms with Gasteiger partial charge in [0.1, 0.15) is 18.6 Å². The Morgan fingerprint density at radius 2 is 1.70 bits per heavy atom.